The number of hydrogen-bond donors (Lipinski definition) is 1. The molecule has 1 saturated heterocycles. The highest BCUT2D eigenvalue weighted by atomic mass is 32.1. The van der Waals surface area contributed by atoms with E-state index in [2.05, 4.69) is 28.9 Å². The Morgan fingerprint density at radius 3 is 2.53 bits per heavy atom. The molecule has 1 aliphatic heterocycles. The molecule has 0 amide bonds. The molecule has 2 rings (SSSR count). The lowest BCUT2D eigenvalue weighted by Gasteiger charge is -2.36. The zero-order valence-corrected chi connectivity index (χ0v) is 12.9. The number of aromatic nitrogens is 2. The zero-order valence-electron chi connectivity index (χ0n) is 12.1. The van der Waals surface area contributed by atoms with Crippen LogP contribution in [-0.4, -0.2) is 28.3 Å². The van der Waals surface area contributed by atoms with Crippen LogP contribution in [0.5, 0.6) is 0 Å². The summed E-state index contributed by atoms with van der Waals surface area (Å²) < 4.78 is 0. The van der Waals surface area contributed by atoms with E-state index in [1.54, 1.807) is 0 Å². The minimum Gasteiger partial charge on any atom is -0.389 e. The molecule has 104 valence electrons. The molecular formula is C14H22N4S. The van der Waals surface area contributed by atoms with Gasteiger partial charge in [0.05, 0.1) is 11.3 Å². The first-order valence-electron chi connectivity index (χ1n) is 6.80. The van der Waals surface area contributed by atoms with Crippen molar-refractivity contribution in [1.29, 1.82) is 0 Å². The molecule has 0 spiro atoms. The van der Waals surface area contributed by atoms with Crippen LogP contribution in [0.4, 0.5) is 5.82 Å². The van der Waals surface area contributed by atoms with E-state index >= 15 is 0 Å². The van der Waals surface area contributed by atoms with Crippen molar-refractivity contribution in [3.05, 3.63) is 16.8 Å². The van der Waals surface area contributed by atoms with Crippen LogP contribution in [0.2, 0.25) is 0 Å². The van der Waals surface area contributed by atoms with Crippen LogP contribution in [0.3, 0.4) is 0 Å². The molecule has 1 fully saturated rings. The normalized spacial score (nSPS) is 23.5. The topological polar surface area (TPSA) is 55.0 Å². The van der Waals surface area contributed by atoms with Crippen LogP contribution in [-0.2, 0) is 0 Å². The average Bonchev–Trinajstić information content (AvgIpc) is 2.35. The first-order valence-corrected chi connectivity index (χ1v) is 7.21. The van der Waals surface area contributed by atoms with Gasteiger partial charge in [-0.3, -0.25) is 0 Å². The third-order valence-electron chi connectivity index (χ3n) is 4.32. The number of thiocarbonyl (C=S) groups is 1. The lowest BCUT2D eigenvalue weighted by Crippen LogP contribution is -2.40. The second-order valence-corrected chi connectivity index (χ2v) is 6.10. The Balaban J connectivity index is 2.40. The van der Waals surface area contributed by atoms with Crippen molar-refractivity contribution < 1.29 is 0 Å². The van der Waals surface area contributed by atoms with E-state index in [-0.39, 0.29) is 0 Å². The maximum absolute atomic E-state index is 5.89. The number of piperidine rings is 1. The van der Waals surface area contributed by atoms with Crippen molar-refractivity contribution in [1.82, 2.24) is 10.2 Å². The summed E-state index contributed by atoms with van der Waals surface area (Å²) in [6, 6.07) is 0. The molecule has 1 aromatic heterocycles. The van der Waals surface area contributed by atoms with Gasteiger partial charge in [-0.25, -0.2) is 0 Å². The van der Waals surface area contributed by atoms with E-state index in [1.807, 2.05) is 13.8 Å². The highest BCUT2D eigenvalue weighted by molar-refractivity contribution is 7.80. The van der Waals surface area contributed by atoms with Gasteiger partial charge in [0.2, 0.25) is 0 Å². The summed E-state index contributed by atoms with van der Waals surface area (Å²) in [5, 5.41) is 8.59. The second-order valence-electron chi connectivity index (χ2n) is 5.66. The van der Waals surface area contributed by atoms with Crippen LogP contribution >= 0.6 is 12.2 Å². The Morgan fingerprint density at radius 2 is 1.95 bits per heavy atom. The third-order valence-corrected chi connectivity index (χ3v) is 4.52. The summed E-state index contributed by atoms with van der Waals surface area (Å²) in [6.45, 7) is 10.5. The van der Waals surface area contributed by atoms with Crippen LogP contribution < -0.4 is 10.6 Å². The fourth-order valence-electron chi connectivity index (χ4n) is 2.57. The van der Waals surface area contributed by atoms with Gasteiger partial charge in [0.25, 0.3) is 0 Å². The van der Waals surface area contributed by atoms with E-state index in [0.29, 0.717) is 10.9 Å². The minimum absolute atomic E-state index is 0.414. The average molecular weight is 278 g/mol. The standard InChI is InChI=1S/C14H22N4S/c1-8-5-6-18(7-9(8)2)14-12(13(15)19)10(3)11(4)16-17-14/h8-9H,5-7H2,1-4H3,(H2,15,19). The van der Waals surface area contributed by atoms with Gasteiger partial charge in [-0.05, 0) is 37.7 Å². The molecule has 1 aromatic rings. The smallest absolute Gasteiger partial charge is 0.161 e. The summed E-state index contributed by atoms with van der Waals surface area (Å²) in [5.41, 5.74) is 8.72. The number of aryl methyl sites for hydroxylation is 1. The third kappa shape index (κ3) is 2.71. The van der Waals surface area contributed by atoms with Gasteiger partial charge in [0, 0.05) is 13.1 Å². The molecule has 0 bridgehead atoms. The second kappa shape index (κ2) is 5.41. The molecule has 1 aliphatic rings. The number of nitrogens with zero attached hydrogens (tertiary/aromatic N) is 3. The Labute approximate surface area is 120 Å². The van der Waals surface area contributed by atoms with Crippen molar-refractivity contribution in [2.45, 2.75) is 34.1 Å². The number of nitrogens with two attached hydrogens (primary N) is 1. The SMILES string of the molecule is Cc1nnc(N2CCC(C)C(C)C2)c(C(N)=S)c1C. The number of anilines is 1. The Bertz CT molecular complexity index is 500. The molecule has 2 heterocycles. The van der Waals surface area contributed by atoms with E-state index in [9.17, 15) is 0 Å². The van der Waals surface area contributed by atoms with Gasteiger partial charge in [-0.15, -0.1) is 5.10 Å². The van der Waals surface area contributed by atoms with Gasteiger partial charge in [-0.1, -0.05) is 26.1 Å². The van der Waals surface area contributed by atoms with Crippen molar-refractivity contribution in [3.8, 4) is 0 Å². The molecule has 2 N–H and O–H groups in total. The van der Waals surface area contributed by atoms with Gasteiger partial charge in [0.15, 0.2) is 5.82 Å². The summed E-state index contributed by atoms with van der Waals surface area (Å²) in [6.07, 6.45) is 1.17. The van der Waals surface area contributed by atoms with Gasteiger partial charge >= 0.3 is 0 Å². The summed E-state index contributed by atoms with van der Waals surface area (Å²) in [7, 11) is 0. The quantitative estimate of drug-likeness (QED) is 0.841. The van der Waals surface area contributed by atoms with Crippen molar-refractivity contribution in [3.63, 3.8) is 0 Å². The molecule has 4 nitrogen and oxygen atoms in total. The van der Waals surface area contributed by atoms with E-state index in [0.717, 1.165) is 41.6 Å². The molecular weight excluding hydrogens is 256 g/mol. The van der Waals surface area contributed by atoms with Gasteiger partial charge in [0.1, 0.15) is 4.99 Å². The van der Waals surface area contributed by atoms with E-state index in [1.165, 1.54) is 6.42 Å². The van der Waals surface area contributed by atoms with Crippen LogP contribution in [0.1, 0.15) is 37.1 Å². The van der Waals surface area contributed by atoms with Crippen LogP contribution in [0.15, 0.2) is 0 Å². The summed E-state index contributed by atoms with van der Waals surface area (Å²) in [4.78, 5) is 2.69. The summed E-state index contributed by atoms with van der Waals surface area (Å²) >= 11 is 5.20. The zero-order chi connectivity index (χ0) is 14.2. The molecule has 19 heavy (non-hydrogen) atoms. The van der Waals surface area contributed by atoms with Crippen LogP contribution in [0, 0.1) is 25.7 Å². The van der Waals surface area contributed by atoms with Gasteiger partial charge < -0.3 is 10.6 Å². The molecule has 0 radical (unpaired) electrons. The first-order chi connectivity index (χ1) is 8.91. The molecule has 0 saturated carbocycles. The molecule has 2 unspecified atom stereocenters. The highest BCUT2D eigenvalue weighted by Crippen LogP contribution is 2.29. The van der Waals surface area contributed by atoms with Crippen molar-refractivity contribution in [2.24, 2.45) is 17.6 Å². The summed E-state index contributed by atoms with van der Waals surface area (Å²) in [5.74, 6) is 2.26. The molecule has 2 atom stereocenters. The van der Waals surface area contributed by atoms with E-state index < -0.39 is 0 Å². The molecule has 0 aliphatic carbocycles. The maximum atomic E-state index is 5.89. The van der Waals surface area contributed by atoms with Gasteiger partial charge in [-0.2, -0.15) is 5.10 Å². The largest absolute Gasteiger partial charge is 0.389 e. The highest BCUT2D eigenvalue weighted by Gasteiger charge is 2.26. The minimum atomic E-state index is 0.414. The lowest BCUT2D eigenvalue weighted by molar-refractivity contribution is 0.322. The maximum Gasteiger partial charge on any atom is 0.161 e. The first kappa shape index (κ1) is 14.2. The van der Waals surface area contributed by atoms with E-state index in [4.69, 9.17) is 18.0 Å². The Hall–Kier alpha value is -1.23. The monoisotopic (exact) mass is 278 g/mol. The predicted molar refractivity (Wildman–Crippen MR) is 82.6 cm³/mol. The lowest BCUT2D eigenvalue weighted by atomic mass is 9.88. The fourth-order valence-corrected chi connectivity index (χ4v) is 2.81. The molecule has 5 heteroatoms. The predicted octanol–water partition coefficient (Wildman–Crippen LogP) is 2.21. The fraction of sp³-hybridized carbons (Fsp3) is 0.643. The number of hydrogen-bond acceptors (Lipinski definition) is 4. The van der Waals surface area contributed by atoms with Crippen LogP contribution in [0.25, 0.3) is 0 Å². The Morgan fingerprint density at radius 1 is 1.26 bits per heavy atom. The number of rotatable bonds is 2. The van der Waals surface area contributed by atoms with Crippen molar-refractivity contribution >= 4 is 23.0 Å². The molecule has 0 aromatic carbocycles. The Kier molecular flexibility index (Phi) is 4.04. The van der Waals surface area contributed by atoms with Crippen molar-refractivity contribution in [2.75, 3.05) is 18.0 Å².